The molecule has 1 aromatic rings. The van der Waals surface area contributed by atoms with Crippen LogP contribution in [0.25, 0.3) is 0 Å². The Kier molecular flexibility index (Phi) is 5.18. The summed E-state index contributed by atoms with van der Waals surface area (Å²) in [7, 11) is 3.31. The molecule has 0 saturated heterocycles. The summed E-state index contributed by atoms with van der Waals surface area (Å²) in [6.45, 7) is 2.28. The lowest BCUT2D eigenvalue weighted by atomic mass is 10.3. The maximum atomic E-state index is 11.9. The Morgan fingerprint density at radius 1 is 1.59 bits per heavy atom. The molecule has 0 aliphatic heterocycles. The van der Waals surface area contributed by atoms with E-state index in [2.05, 4.69) is 15.6 Å². The summed E-state index contributed by atoms with van der Waals surface area (Å²) in [6, 6.07) is 3.25. The van der Waals surface area contributed by atoms with Crippen molar-refractivity contribution in [3.05, 3.63) is 22.8 Å². The number of amides is 1. The molecule has 1 heterocycles. The number of pyridine rings is 1. The third-order valence-electron chi connectivity index (χ3n) is 2.11. The van der Waals surface area contributed by atoms with Gasteiger partial charge in [0.25, 0.3) is 5.91 Å². The summed E-state index contributed by atoms with van der Waals surface area (Å²) in [6.07, 6.45) is 0. The molecule has 1 atom stereocenters. The highest BCUT2D eigenvalue weighted by Gasteiger charge is 2.15. The van der Waals surface area contributed by atoms with E-state index in [1.165, 1.54) is 0 Å². The van der Waals surface area contributed by atoms with E-state index in [0.29, 0.717) is 17.4 Å². The molecule has 0 fully saturated rings. The monoisotopic (exact) mass is 257 g/mol. The first kappa shape index (κ1) is 13.7. The Morgan fingerprint density at radius 2 is 2.29 bits per heavy atom. The average molecular weight is 258 g/mol. The highest BCUT2D eigenvalue weighted by Crippen LogP contribution is 2.16. The molecule has 1 rings (SSSR count). The standard InChI is InChI=1S/C11H16ClN3O2/c1-7(6-17-3)14-11(16)10-8(12)4-5-9(13-2)15-10/h4-5,7H,6H2,1-3H3,(H,13,15)(H,14,16). The van der Waals surface area contributed by atoms with Crippen molar-refractivity contribution < 1.29 is 9.53 Å². The molecule has 2 N–H and O–H groups in total. The molecular weight excluding hydrogens is 242 g/mol. The van der Waals surface area contributed by atoms with Gasteiger partial charge in [-0.2, -0.15) is 0 Å². The Balaban J connectivity index is 2.80. The summed E-state index contributed by atoms with van der Waals surface area (Å²) in [4.78, 5) is 16.0. The van der Waals surface area contributed by atoms with Crippen molar-refractivity contribution in [2.75, 3.05) is 26.1 Å². The van der Waals surface area contributed by atoms with Gasteiger partial charge in [-0.1, -0.05) is 11.6 Å². The molecule has 0 bridgehead atoms. The number of anilines is 1. The van der Waals surface area contributed by atoms with Crippen molar-refractivity contribution in [3.63, 3.8) is 0 Å². The van der Waals surface area contributed by atoms with Crippen molar-refractivity contribution in [2.45, 2.75) is 13.0 Å². The number of rotatable bonds is 5. The minimum Gasteiger partial charge on any atom is -0.383 e. The summed E-state index contributed by atoms with van der Waals surface area (Å²) in [5.74, 6) is 0.288. The Labute approximate surface area is 106 Å². The van der Waals surface area contributed by atoms with E-state index >= 15 is 0 Å². The van der Waals surface area contributed by atoms with Crippen LogP contribution in [0.15, 0.2) is 12.1 Å². The lowest BCUT2D eigenvalue weighted by molar-refractivity contribution is 0.0901. The van der Waals surface area contributed by atoms with Crippen LogP contribution in [0, 0.1) is 0 Å². The summed E-state index contributed by atoms with van der Waals surface area (Å²) in [5, 5.41) is 5.93. The predicted molar refractivity (Wildman–Crippen MR) is 67.6 cm³/mol. The highest BCUT2D eigenvalue weighted by atomic mass is 35.5. The fraction of sp³-hybridized carbons (Fsp3) is 0.455. The molecular formula is C11H16ClN3O2. The number of halogens is 1. The van der Waals surface area contributed by atoms with Crippen LogP contribution in [0.3, 0.4) is 0 Å². The van der Waals surface area contributed by atoms with Crippen LogP contribution in [-0.2, 0) is 4.74 Å². The quantitative estimate of drug-likeness (QED) is 0.840. The number of carbonyl (C=O) groups is 1. The number of aromatic nitrogens is 1. The smallest absolute Gasteiger partial charge is 0.271 e. The molecule has 94 valence electrons. The number of hydrogen-bond acceptors (Lipinski definition) is 4. The lowest BCUT2D eigenvalue weighted by Gasteiger charge is -2.13. The van der Waals surface area contributed by atoms with Crippen LogP contribution in [0.5, 0.6) is 0 Å². The fourth-order valence-electron chi connectivity index (χ4n) is 1.32. The van der Waals surface area contributed by atoms with Gasteiger partial charge in [0.15, 0.2) is 0 Å². The first-order valence-electron chi connectivity index (χ1n) is 5.22. The Hall–Kier alpha value is -1.33. The van der Waals surface area contributed by atoms with Crippen molar-refractivity contribution in [1.82, 2.24) is 10.3 Å². The molecule has 0 spiro atoms. The van der Waals surface area contributed by atoms with Crippen molar-refractivity contribution >= 4 is 23.3 Å². The van der Waals surface area contributed by atoms with Crippen LogP contribution in [0.2, 0.25) is 5.02 Å². The van der Waals surface area contributed by atoms with E-state index in [4.69, 9.17) is 16.3 Å². The van der Waals surface area contributed by atoms with Gasteiger partial charge < -0.3 is 15.4 Å². The van der Waals surface area contributed by atoms with Crippen molar-refractivity contribution in [3.8, 4) is 0 Å². The number of hydrogen-bond donors (Lipinski definition) is 2. The van der Waals surface area contributed by atoms with Crippen molar-refractivity contribution in [2.24, 2.45) is 0 Å². The van der Waals surface area contributed by atoms with Crippen LogP contribution >= 0.6 is 11.6 Å². The lowest BCUT2D eigenvalue weighted by Crippen LogP contribution is -2.36. The molecule has 0 aliphatic carbocycles. The largest absolute Gasteiger partial charge is 0.383 e. The minimum atomic E-state index is -0.309. The second-order valence-corrected chi connectivity index (χ2v) is 4.01. The molecule has 6 heteroatoms. The molecule has 0 aliphatic rings. The third-order valence-corrected chi connectivity index (χ3v) is 2.42. The van der Waals surface area contributed by atoms with Gasteiger partial charge in [0, 0.05) is 20.2 Å². The third kappa shape index (κ3) is 3.87. The van der Waals surface area contributed by atoms with Crippen LogP contribution in [0.1, 0.15) is 17.4 Å². The summed E-state index contributed by atoms with van der Waals surface area (Å²) >= 11 is 5.93. The second-order valence-electron chi connectivity index (χ2n) is 3.61. The predicted octanol–water partition coefficient (Wildman–Crippen LogP) is 1.54. The Morgan fingerprint density at radius 3 is 2.88 bits per heavy atom. The van der Waals surface area contributed by atoms with E-state index in [1.54, 1.807) is 26.3 Å². The van der Waals surface area contributed by atoms with Gasteiger partial charge in [-0.15, -0.1) is 0 Å². The van der Waals surface area contributed by atoms with Crippen molar-refractivity contribution in [1.29, 1.82) is 0 Å². The topological polar surface area (TPSA) is 63.2 Å². The molecule has 0 radical (unpaired) electrons. The zero-order valence-electron chi connectivity index (χ0n) is 10.1. The van der Waals surface area contributed by atoms with E-state index in [1.807, 2.05) is 6.92 Å². The Bertz CT molecular complexity index is 398. The molecule has 1 aromatic heterocycles. The zero-order valence-corrected chi connectivity index (χ0v) is 10.8. The van der Waals surface area contributed by atoms with E-state index in [0.717, 1.165) is 0 Å². The molecule has 0 saturated carbocycles. The van der Waals surface area contributed by atoms with Crippen LogP contribution < -0.4 is 10.6 Å². The number of ether oxygens (including phenoxy) is 1. The normalized spacial score (nSPS) is 12.0. The molecule has 5 nitrogen and oxygen atoms in total. The van der Waals surface area contributed by atoms with E-state index in [9.17, 15) is 4.79 Å². The second kappa shape index (κ2) is 6.42. The minimum absolute atomic E-state index is 0.0939. The van der Waals surface area contributed by atoms with E-state index in [-0.39, 0.29) is 17.6 Å². The van der Waals surface area contributed by atoms with Gasteiger partial charge >= 0.3 is 0 Å². The SMILES string of the molecule is CNc1ccc(Cl)c(C(=O)NC(C)COC)n1. The van der Waals surface area contributed by atoms with Gasteiger partial charge in [0.2, 0.25) is 0 Å². The molecule has 0 aromatic carbocycles. The molecule has 17 heavy (non-hydrogen) atoms. The van der Waals surface area contributed by atoms with Gasteiger partial charge in [-0.3, -0.25) is 4.79 Å². The van der Waals surface area contributed by atoms with Crippen LogP contribution in [-0.4, -0.2) is 37.7 Å². The first-order chi connectivity index (χ1) is 8.08. The van der Waals surface area contributed by atoms with E-state index < -0.39 is 0 Å². The first-order valence-corrected chi connectivity index (χ1v) is 5.60. The molecule has 1 amide bonds. The fourth-order valence-corrected chi connectivity index (χ4v) is 1.52. The summed E-state index contributed by atoms with van der Waals surface area (Å²) < 4.78 is 4.94. The van der Waals surface area contributed by atoms with Gasteiger partial charge in [0.1, 0.15) is 11.5 Å². The average Bonchev–Trinajstić information content (AvgIpc) is 2.29. The number of carbonyl (C=O) groups excluding carboxylic acids is 1. The van der Waals surface area contributed by atoms with Gasteiger partial charge in [-0.25, -0.2) is 4.98 Å². The van der Waals surface area contributed by atoms with Crippen LogP contribution in [0.4, 0.5) is 5.82 Å². The van der Waals surface area contributed by atoms with Gasteiger partial charge in [-0.05, 0) is 19.1 Å². The summed E-state index contributed by atoms with van der Waals surface area (Å²) in [5.41, 5.74) is 0.210. The molecule has 1 unspecified atom stereocenters. The highest BCUT2D eigenvalue weighted by molar-refractivity contribution is 6.33. The van der Waals surface area contributed by atoms with Gasteiger partial charge in [0.05, 0.1) is 11.6 Å². The zero-order chi connectivity index (χ0) is 12.8. The maximum Gasteiger partial charge on any atom is 0.271 e. The maximum absolute atomic E-state index is 11.9. The number of nitrogens with zero attached hydrogens (tertiary/aromatic N) is 1. The number of nitrogens with one attached hydrogen (secondary N) is 2. The number of methoxy groups -OCH3 is 1.